The number of hydrogen-bond acceptors (Lipinski definition) is 5. The highest BCUT2D eigenvalue weighted by Gasteiger charge is 2.32. The Morgan fingerprint density at radius 3 is 1.96 bits per heavy atom. The molecule has 0 aliphatic carbocycles. The number of hydrazone groups is 1. The number of phenols is 1. The summed E-state index contributed by atoms with van der Waals surface area (Å²) in [5, 5.41) is 13.3. The summed E-state index contributed by atoms with van der Waals surface area (Å²) in [5.41, 5.74) is 2.04. The molecule has 0 fully saturated rings. The number of methoxy groups -OCH3 is 2. The van der Waals surface area contributed by atoms with Crippen LogP contribution in [0.25, 0.3) is 0 Å². The Morgan fingerprint density at radius 1 is 1.04 bits per heavy atom. The first-order valence-electron chi connectivity index (χ1n) is 6.97. The van der Waals surface area contributed by atoms with Gasteiger partial charge in [0.25, 0.3) is 0 Å². The zero-order valence-electron chi connectivity index (χ0n) is 13.5. The molecule has 0 saturated heterocycles. The van der Waals surface area contributed by atoms with Gasteiger partial charge in [-0.1, -0.05) is 23.2 Å². The molecule has 5 nitrogen and oxygen atoms in total. The maximum Gasteiger partial charge on any atom is 0.416 e. The lowest BCUT2D eigenvalue weighted by molar-refractivity contribution is -0.137. The van der Waals surface area contributed by atoms with Crippen LogP contribution in [0.4, 0.5) is 18.9 Å². The lowest BCUT2D eigenvalue weighted by Crippen LogP contribution is -2.05. The zero-order valence-corrected chi connectivity index (χ0v) is 15.0. The first kappa shape index (κ1) is 20.0. The molecule has 140 valence electrons. The molecular formula is C16H13Cl2F3N2O3. The van der Waals surface area contributed by atoms with Gasteiger partial charge in [0, 0.05) is 5.56 Å². The van der Waals surface area contributed by atoms with Gasteiger partial charge in [0.15, 0.2) is 11.5 Å². The quantitative estimate of drug-likeness (QED) is 0.528. The lowest BCUT2D eigenvalue weighted by Gasteiger charge is -2.12. The Bertz CT molecular complexity index is 794. The Morgan fingerprint density at radius 2 is 1.54 bits per heavy atom. The summed E-state index contributed by atoms with van der Waals surface area (Å²) < 4.78 is 48.2. The summed E-state index contributed by atoms with van der Waals surface area (Å²) in [6, 6.07) is 4.47. The van der Waals surface area contributed by atoms with Crippen molar-refractivity contribution in [3.63, 3.8) is 0 Å². The molecule has 2 rings (SSSR count). The first-order chi connectivity index (χ1) is 12.2. The van der Waals surface area contributed by atoms with Gasteiger partial charge in [0.2, 0.25) is 5.75 Å². The Kier molecular flexibility index (Phi) is 6.09. The van der Waals surface area contributed by atoms with Crippen LogP contribution < -0.4 is 14.9 Å². The van der Waals surface area contributed by atoms with E-state index in [4.69, 9.17) is 32.7 Å². The highest BCUT2D eigenvalue weighted by Crippen LogP contribution is 2.39. The Balaban J connectivity index is 2.26. The van der Waals surface area contributed by atoms with E-state index in [2.05, 4.69) is 10.5 Å². The maximum absolute atomic E-state index is 12.7. The van der Waals surface area contributed by atoms with Gasteiger partial charge in [0.1, 0.15) is 0 Å². The number of benzene rings is 2. The molecule has 26 heavy (non-hydrogen) atoms. The average Bonchev–Trinajstić information content (AvgIpc) is 2.57. The van der Waals surface area contributed by atoms with Gasteiger partial charge in [-0.05, 0) is 24.3 Å². The van der Waals surface area contributed by atoms with Gasteiger partial charge in [-0.15, -0.1) is 0 Å². The third kappa shape index (κ3) is 4.44. The molecule has 2 aromatic rings. The second kappa shape index (κ2) is 7.92. The number of ether oxygens (including phenoxy) is 2. The molecule has 2 aromatic carbocycles. The molecule has 0 aliphatic rings. The molecule has 0 amide bonds. The van der Waals surface area contributed by atoms with Gasteiger partial charge in [-0.2, -0.15) is 18.3 Å². The molecular weight excluding hydrogens is 396 g/mol. The average molecular weight is 409 g/mol. The van der Waals surface area contributed by atoms with Crippen molar-refractivity contribution in [3.05, 3.63) is 45.4 Å². The normalized spacial score (nSPS) is 11.7. The van der Waals surface area contributed by atoms with Gasteiger partial charge in [-0.25, -0.2) is 0 Å². The molecule has 0 unspecified atom stereocenters. The van der Waals surface area contributed by atoms with Crippen LogP contribution in [0, 0.1) is 0 Å². The molecule has 0 atom stereocenters. The van der Waals surface area contributed by atoms with Crippen molar-refractivity contribution in [1.29, 1.82) is 0 Å². The van der Waals surface area contributed by atoms with Crippen molar-refractivity contribution in [3.8, 4) is 17.2 Å². The van der Waals surface area contributed by atoms with Gasteiger partial charge < -0.3 is 14.6 Å². The van der Waals surface area contributed by atoms with Crippen molar-refractivity contribution in [2.45, 2.75) is 6.18 Å². The fraction of sp³-hybridized carbons (Fsp3) is 0.188. The zero-order chi connectivity index (χ0) is 19.5. The molecule has 10 heteroatoms. The van der Waals surface area contributed by atoms with Crippen molar-refractivity contribution >= 4 is 35.1 Å². The maximum atomic E-state index is 12.7. The Labute approximate surface area is 156 Å². The number of hydrogen-bond donors (Lipinski definition) is 2. The number of anilines is 1. The summed E-state index contributed by atoms with van der Waals surface area (Å²) in [6.07, 6.45) is -3.23. The number of alkyl halides is 3. The molecule has 0 heterocycles. The van der Waals surface area contributed by atoms with E-state index in [1.807, 2.05) is 0 Å². The van der Waals surface area contributed by atoms with Crippen molar-refractivity contribution in [2.24, 2.45) is 5.10 Å². The second-order valence-electron chi connectivity index (χ2n) is 4.96. The summed E-state index contributed by atoms with van der Waals surface area (Å²) in [4.78, 5) is 0. The molecule has 2 N–H and O–H groups in total. The van der Waals surface area contributed by atoms with Crippen LogP contribution >= 0.6 is 23.2 Å². The molecule has 0 spiro atoms. The number of aromatic hydroxyl groups is 1. The first-order valence-corrected chi connectivity index (χ1v) is 7.73. The summed E-state index contributed by atoms with van der Waals surface area (Å²) in [7, 11) is 2.74. The van der Waals surface area contributed by atoms with E-state index in [0.717, 1.165) is 12.1 Å². The van der Waals surface area contributed by atoms with Crippen LogP contribution in [-0.2, 0) is 6.18 Å². The molecule has 0 saturated carbocycles. The van der Waals surface area contributed by atoms with Crippen LogP contribution in [0.3, 0.4) is 0 Å². The van der Waals surface area contributed by atoms with E-state index in [-0.39, 0.29) is 33.0 Å². The largest absolute Gasteiger partial charge is 0.502 e. The topological polar surface area (TPSA) is 63.1 Å². The number of nitrogens with one attached hydrogen (secondary N) is 1. The lowest BCUT2D eigenvalue weighted by atomic mass is 10.2. The number of halogens is 5. The van der Waals surface area contributed by atoms with Gasteiger partial charge in [0.05, 0.1) is 41.7 Å². The van der Waals surface area contributed by atoms with E-state index < -0.39 is 11.7 Å². The van der Waals surface area contributed by atoms with Gasteiger partial charge in [-0.3, -0.25) is 5.43 Å². The van der Waals surface area contributed by atoms with Crippen molar-refractivity contribution < 1.29 is 27.8 Å². The van der Waals surface area contributed by atoms with Crippen LogP contribution in [0.5, 0.6) is 17.2 Å². The second-order valence-corrected chi connectivity index (χ2v) is 5.77. The van der Waals surface area contributed by atoms with Crippen LogP contribution in [0.15, 0.2) is 29.4 Å². The van der Waals surface area contributed by atoms with Crippen LogP contribution in [-0.4, -0.2) is 25.5 Å². The number of nitrogens with zero attached hydrogens (tertiary/aromatic N) is 1. The summed E-state index contributed by atoms with van der Waals surface area (Å²) in [6.45, 7) is 0. The SMILES string of the molecule is COc1cc(/C=N/Nc2c(Cl)cc(C(F)(F)F)cc2Cl)cc(OC)c1O. The van der Waals surface area contributed by atoms with Crippen molar-refractivity contribution in [2.75, 3.05) is 19.6 Å². The van der Waals surface area contributed by atoms with Crippen LogP contribution in [0.1, 0.15) is 11.1 Å². The highest BCUT2D eigenvalue weighted by molar-refractivity contribution is 6.39. The predicted octanol–water partition coefficient (Wildman–Crippen LogP) is 5.18. The highest BCUT2D eigenvalue weighted by atomic mass is 35.5. The molecule has 0 aromatic heterocycles. The van der Waals surface area contributed by atoms with Crippen LogP contribution in [0.2, 0.25) is 10.0 Å². The van der Waals surface area contributed by atoms with E-state index in [9.17, 15) is 18.3 Å². The monoisotopic (exact) mass is 408 g/mol. The standard InChI is InChI=1S/C16H13Cl2F3N2O3/c1-25-12-3-8(4-13(26-2)15(12)24)7-22-23-14-10(17)5-9(6-11(14)18)16(19,20)21/h3-7,23-24H,1-2H3/b22-7+. The minimum absolute atomic E-state index is 0.0234. The van der Waals surface area contributed by atoms with E-state index in [1.165, 1.54) is 32.6 Å². The summed E-state index contributed by atoms with van der Waals surface area (Å²) >= 11 is 11.7. The third-order valence-electron chi connectivity index (χ3n) is 3.26. The smallest absolute Gasteiger partial charge is 0.416 e. The fourth-order valence-electron chi connectivity index (χ4n) is 2.00. The minimum Gasteiger partial charge on any atom is -0.502 e. The van der Waals surface area contributed by atoms with E-state index in [0.29, 0.717) is 5.56 Å². The molecule has 0 bridgehead atoms. The molecule has 0 aliphatic heterocycles. The molecule has 0 radical (unpaired) electrons. The fourth-order valence-corrected chi connectivity index (χ4v) is 2.57. The van der Waals surface area contributed by atoms with Gasteiger partial charge >= 0.3 is 6.18 Å². The van der Waals surface area contributed by atoms with E-state index in [1.54, 1.807) is 0 Å². The Hall–Kier alpha value is -2.32. The van der Waals surface area contributed by atoms with E-state index >= 15 is 0 Å². The minimum atomic E-state index is -4.56. The number of phenolic OH excluding ortho intramolecular Hbond substituents is 1. The number of rotatable bonds is 5. The van der Waals surface area contributed by atoms with Crippen molar-refractivity contribution in [1.82, 2.24) is 0 Å². The third-order valence-corrected chi connectivity index (χ3v) is 3.86. The summed E-state index contributed by atoms with van der Waals surface area (Å²) in [5.74, 6) is 0.154. The predicted molar refractivity (Wildman–Crippen MR) is 93.9 cm³/mol.